The van der Waals surface area contributed by atoms with Crippen LogP contribution in [0.25, 0.3) is 10.9 Å². The molecule has 2 aromatic heterocycles. The number of aromatic amines is 2. The lowest BCUT2D eigenvalue weighted by Crippen LogP contribution is -2.48. The number of piperidine rings is 1. The summed E-state index contributed by atoms with van der Waals surface area (Å²) in [5.41, 5.74) is 7.22. The van der Waals surface area contributed by atoms with Gasteiger partial charge in [0, 0.05) is 35.4 Å². The molecule has 0 bridgehead atoms. The summed E-state index contributed by atoms with van der Waals surface area (Å²) in [5, 5.41) is 8.94. The number of aromatic nitrogens is 3. The third-order valence-corrected chi connectivity index (χ3v) is 6.69. The molecule has 1 fully saturated rings. The third-order valence-electron chi connectivity index (χ3n) is 6.69. The molecule has 4 nitrogen and oxygen atoms in total. The highest BCUT2D eigenvalue weighted by Crippen LogP contribution is 2.46. The summed E-state index contributed by atoms with van der Waals surface area (Å²) in [7, 11) is 0. The van der Waals surface area contributed by atoms with Gasteiger partial charge in [0.05, 0.1) is 12.2 Å². The molecule has 3 atom stereocenters. The number of nitrogens with zero attached hydrogens (tertiary/aromatic N) is 2. The lowest BCUT2D eigenvalue weighted by atomic mass is 9.71. The Hall–Kier alpha value is -2.07. The average Bonchev–Trinajstić information content (AvgIpc) is 3.21. The highest BCUT2D eigenvalue weighted by atomic mass is 15.2. The fourth-order valence-electron chi connectivity index (χ4n) is 5.50. The summed E-state index contributed by atoms with van der Waals surface area (Å²) in [6, 6.07) is 9.39. The number of rotatable bonds is 0. The Labute approximate surface area is 141 Å². The van der Waals surface area contributed by atoms with Crippen LogP contribution in [0.15, 0.2) is 30.5 Å². The van der Waals surface area contributed by atoms with Crippen LogP contribution in [-0.2, 0) is 19.3 Å². The molecule has 6 rings (SSSR count). The molecule has 0 unspecified atom stereocenters. The van der Waals surface area contributed by atoms with E-state index in [2.05, 4.69) is 44.3 Å². The Morgan fingerprint density at radius 1 is 1.12 bits per heavy atom. The molecule has 122 valence electrons. The quantitative estimate of drug-likeness (QED) is 0.668. The molecule has 3 aromatic rings. The molecule has 0 radical (unpaired) electrons. The van der Waals surface area contributed by atoms with Gasteiger partial charge in [0.15, 0.2) is 0 Å². The zero-order valence-electron chi connectivity index (χ0n) is 13.8. The molecule has 2 aliphatic heterocycles. The van der Waals surface area contributed by atoms with Gasteiger partial charge in [-0.3, -0.25) is 10.00 Å². The summed E-state index contributed by atoms with van der Waals surface area (Å²) in [5.74, 6) is 1.59. The number of nitrogens with one attached hydrogen (secondary N) is 2. The van der Waals surface area contributed by atoms with Gasteiger partial charge in [-0.1, -0.05) is 18.2 Å². The highest BCUT2D eigenvalue weighted by Gasteiger charge is 2.42. The van der Waals surface area contributed by atoms with Crippen molar-refractivity contribution in [2.45, 2.75) is 31.7 Å². The smallest absolute Gasteiger partial charge is 0.0522 e. The number of hydrogen-bond donors (Lipinski definition) is 2. The number of fused-ring (bicyclic) bond motifs is 7. The molecule has 24 heavy (non-hydrogen) atoms. The summed E-state index contributed by atoms with van der Waals surface area (Å²) in [6.07, 6.45) is 6.90. The summed E-state index contributed by atoms with van der Waals surface area (Å²) in [6.45, 7) is 2.45. The Balaban J connectivity index is 1.40. The first-order chi connectivity index (χ1) is 11.9. The minimum absolute atomic E-state index is 0.576. The van der Waals surface area contributed by atoms with Crippen LogP contribution < -0.4 is 0 Å². The predicted molar refractivity (Wildman–Crippen MR) is 93.9 cm³/mol. The molecular weight excluding hydrogens is 296 g/mol. The van der Waals surface area contributed by atoms with Crippen molar-refractivity contribution in [3.05, 3.63) is 53.0 Å². The SMILES string of the molecule is c1ccc2c3c([nH]c2c1)[C@@H]1C[C@@H]2Cc4[nH]ncc4C[C@H]2CN1CC3. The van der Waals surface area contributed by atoms with Crippen LogP contribution in [-0.4, -0.2) is 33.2 Å². The van der Waals surface area contributed by atoms with Crippen LogP contribution in [0.5, 0.6) is 0 Å². The second kappa shape index (κ2) is 4.73. The van der Waals surface area contributed by atoms with Gasteiger partial charge in [0.1, 0.15) is 0 Å². The molecule has 1 aromatic carbocycles. The van der Waals surface area contributed by atoms with Crippen molar-refractivity contribution in [3.8, 4) is 0 Å². The van der Waals surface area contributed by atoms with E-state index in [0.717, 1.165) is 11.8 Å². The van der Waals surface area contributed by atoms with Crippen molar-refractivity contribution in [3.63, 3.8) is 0 Å². The Bertz CT molecular complexity index is 921. The molecular formula is C20H22N4. The van der Waals surface area contributed by atoms with Crippen LogP contribution in [0.2, 0.25) is 0 Å². The van der Waals surface area contributed by atoms with Crippen molar-refractivity contribution < 1.29 is 0 Å². The van der Waals surface area contributed by atoms with Crippen LogP contribution in [0, 0.1) is 11.8 Å². The van der Waals surface area contributed by atoms with Gasteiger partial charge in [-0.05, 0) is 54.7 Å². The molecule has 4 heteroatoms. The van der Waals surface area contributed by atoms with E-state index in [1.165, 1.54) is 66.6 Å². The monoisotopic (exact) mass is 318 g/mol. The normalized spacial score (nSPS) is 28.9. The van der Waals surface area contributed by atoms with E-state index in [1.807, 2.05) is 6.20 Å². The standard InChI is InChI=1S/C20H22N4/c1-2-4-17-15(3-1)16-5-6-24-11-14-7-13-10-21-23-18(13)8-12(14)9-19(24)20(16)22-17/h1-4,10,12,14,19,22H,5-9,11H2,(H,21,23)/t12-,14-,19-/m0/s1. The first-order valence-corrected chi connectivity index (χ1v) is 9.21. The topological polar surface area (TPSA) is 47.7 Å². The lowest BCUT2D eigenvalue weighted by molar-refractivity contribution is 0.0474. The second-order valence-corrected chi connectivity index (χ2v) is 7.86. The van der Waals surface area contributed by atoms with Crippen LogP contribution in [0.3, 0.4) is 0 Å². The van der Waals surface area contributed by atoms with E-state index in [9.17, 15) is 0 Å². The lowest BCUT2D eigenvalue weighted by Gasteiger charge is -2.47. The summed E-state index contributed by atoms with van der Waals surface area (Å²) >= 11 is 0. The Morgan fingerprint density at radius 2 is 2.08 bits per heavy atom. The molecule has 1 saturated heterocycles. The zero-order valence-corrected chi connectivity index (χ0v) is 13.8. The van der Waals surface area contributed by atoms with Gasteiger partial charge >= 0.3 is 0 Å². The molecule has 0 saturated carbocycles. The third kappa shape index (κ3) is 1.75. The van der Waals surface area contributed by atoms with Crippen molar-refractivity contribution >= 4 is 10.9 Å². The molecule has 4 heterocycles. The van der Waals surface area contributed by atoms with E-state index < -0.39 is 0 Å². The first kappa shape index (κ1) is 13.2. The number of benzene rings is 1. The van der Waals surface area contributed by atoms with E-state index in [1.54, 1.807) is 5.56 Å². The maximum atomic E-state index is 4.27. The van der Waals surface area contributed by atoms with Crippen LogP contribution in [0.4, 0.5) is 0 Å². The molecule has 1 aliphatic carbocycles. The largest absolute Gasteiger partial charge is 0.357 e. The average molecular weight is 318 g/mol. The number of hydrogen-bond acceptors (Lipinski definition) is 2. The van der Waals surface area contributed by atoms with E-state index in [-0.39, 0.29) is 0 Å². The van der Waals surface area contributed by atoms with Crippen molar-refractivity contribution in [2.24, 2.45) is 11.8 Å². The van der Waals surface area contributed by atoms with E-state index >= 15 is 0 Å². The van der Waals surface area contributed by atoms with Crippen molar-refractivity contribution in [1.82, 2.24) is 20.1 Å². The Morgan fingerprint density at radius 3 is 3.08 bits per heavy atom. The zero-order chi connectivity index (χ0) is 15.7. The van der Waals surface area contributed by atoms with Gasteiger partial charge in [-0.2, -0.15) is 5.10 Å². The van der Waals surface area contributed by atoms with Gasteiger partial charge < -0.3 is 4.98 Å². The number of H-pyrrole nitrogens is 2. The summed E-state index contributed by atoms with van der Waals surface area (Å²) < 4.78 is 0. The van der Waals surface area contributed by atoms with Crippen molar-refractivity contribution in [2.75, 3.05) is 13.1 Å². The van der Waals surface area contributed by atoms with Crippen LogP contribution in [0.1, 0.15) is 35.0 Å². The molecule has 0 amide bonds. The second-order valence-electron chi connectivity index (χ2n) is 7.86. The fraction of sp³-hybridized carbons (Fsp3) is 0.450. The Kier molecular flexibility index (Phi) is 2.61. The predicted octanol–water partition coefficient (Wildman–Crippen LogP) is 3.23. The van der Waals surface area contributed by atoms with Crippen LogP contribution >= 0.6 is 0 Å². The maximum Gasteiger partial charge on any atom is 0.0522 e. The number of para-hydroxylation sites is 1. The minimum Gasteiger partial charge on any atom is -0.357 e. The maximum absolute atomic E-state index is 4.27. The molecule has 0 spiro atoms. The van der Waals surface area contributed by atoms with Gasteiger partial charge in [0.25, 0.3) is 0 Å². The van der Waals surface area contributed by atoms with E-state index in [0.29, 0.717) is 6.04 Å². The molecule has 3 aliphatic rings. The van der Waals surface area contributed by atoms with Crippen molar-refractivity contribution in [1.29, 1.82) is 0 Å². The highest BCUT2D eigenvalue weighted by molar-refractivity contribution is 5.85. The molecule has 2 N–H and O–H groups in total. The van der Waals surface area contributed by atoms with Gasteiger partial charge in [-0.25, -0.2) is 0 Å². The van der Waals surface area contributed by atoms with Gasteiger partial charge in [0.2, 0.25) is 0 Å². The minimum atomic E-state index is 0.576. The summed E-state index contributed by atoms with van der Waals surface area (Å²) in [4.78, 5) is 6.50. The fourth-order valence-corrected chi connectivity index (χ4v) is 5.50. The first-order valence-electron chi connectivity index (χ1n) is 9.21. The van der Waals surface area contributed by atoms with Gasteiger partial charge in [-0.15, -0.1) is 0 Å². The van der Waals surface area contributed by atoms with E-state index in [4.69, 9.17) is 0 Å².